The van der Waals surface area contributed by atoms with E-state index >= 15 is 0 Å². The molecule has 0 unspecified atom stereocenters. The van der Waals surface area contributed by atoms with Crippen molar-refractivity contribution in [1.29, 1.82) is 0 Å². The number of amides is 1. The van der Waals surface area contributed by atoms with Gasteiger partial charge in [0.05, 0.1) is 0 Å². The van der Waals surface area contributed by atoms with Crippen molar-refractivity contribution >= 4 is 11.6 Å². The smallest absolute Gasteiger partial charge is 0.245 e. The molecule has 1 aliphatic carbocycles. The van der Waals surface area contributed by atoms with Crippen molar-refractivity contribution in [3.8, 4) is 0 Å². The average Bonchev–Trinajstić information content (AvgIpc) is 3.24. The van der Waals surface area contributed by atoms with E-state index in [0.717, 1.165) is 5.69 Å². The Morgan fingerprint density at radius 3 is 2.90 bits per heavy atom. The predicted octanol–water partition coefficient (Wildman–Crippen LogP) is 1.79. The van der Waals surface area contributed by atoms with E-state index in [1.807, 2.05) is 24.8 Å². The fourth-order valence-corrected chi connectivity index (χ4v) is 2.83. The second kappa shape index (κ2) is 5.30. The fourth-order valence-electron chi connectivity index (χ4n) is 2.83. The van der Waals surface area contributed by atoms with Crippen LogP contribution in [-0.2, 0) is 11.3 Å². The van der Waals surface area contributed by atoms with Crippen LogP contribution in [0.25, 0.3) is 0 Å². The SMILES string of the molecule is CC1(C)C(=O)NCCN1c1cccc(F)c1CNC1CC1. The van der Waals surface area contributed by atoms with Gasteiger partial charge in [-0.1, -0.05) is 6.07 Å². The van der Waals surface area contributed by atoms with Gasteiger partial charge in [0.2, 0.25) is 5.91 Å². The van der Waals surface area contributed by atoms with Crippen molar-refractivity contribution in [2.75, 3.05) is 18.0 Å². The normalized spacial score (nSPS) is 21.3. The van der Waals surface area contributed by atoms with Gasteiger partial charge in [-0.05, 0) is 38.8 Å². The third kappa shape index (κ3) is 2.75. The monoisotopic (exact) mass is 291 g/mol. The lowest BCUT2D eigenvalue weighted by Gasteiger charge is -2.43. The van der Waals surface area contributed by atoms with E-state index in [1.165, 1.54) is 18.9 Å². The molecule has 0 radical (unpaired) electrons. The molecule has 1 saturated carbocycles. The first-order valence-electron chi connectivity index (χ1n) is 7.57. The van der Waals surface area contributed by atoms with E-state index < -0.39 is 5.54 Å². The zero-order valence-electron chi connectivity index (χ0n) is 12.6. The number of anilines is 1. The molecule has 21 heavy (non-hydrogen) atoms. The summed E-state index contributed by atoms with van der Waals surface area (Å²) in [5.41, 5.74) is 0.815. The van der Waals surface area contributed by atoms with Crippen LogP contribution in [0.15, 0.2) is 18.2 Å². The quantitative estimate of drug-likeness (QED) is 0.889. The number of rotatable bonds is 4. The Hall–Kier alpha value is -1.62. The summed E-state index contributed by atoms with van der Waals surface area (Å²) in [6.45, 7) is 5.56. The molecule has 5 heteroatoms. The summed E-state index contributed by atoms with van der Waals surface area (Å²) in [6.07, 6.45) is 2.34. The first-order chi connectivity index (χ1) is 10.00. The third-order valence-corrected chi connectivity index (χ3v) is 4.38. The molecule has 0 atom stereocenters. The van der Waals surface area contributed by atoms with Gasteiger partial charge in [0.1, 0.15) is 11.4 Å². The molecular formula is C16H22FN3O. The number of halogens is 1. The molecule has 0 bridgehead atoms. The Balaban J connectivity index is 1.92. The van der Waals surface area contributed by atoms with Crippen LogP contribution in [0, 0.1) is 5.82 Å². The molecule has 2 aliphatic rings. The molecule has 1 aliphatic heterocycles. The minimum absolute atomic E-state index is 0.0147. The molecule has 1 saturated heterocycles. The Kier molecular flexibility index (Phi) is 3.61. The van der Waals surface area contributed by atoms with Gasteiger partial charge in [0.15, 0.2) is 0 Å². The maximum Gasteiger partial charge on any atom is 0.245 e. The topological polar surface area (TPSA) is 44.4 Å². The fraction of sp³-hybridized carbons (Fsp3) is 0.562. The number of piperazine rings is 1. The first-order valence-corrected chi connectivity index (χ1v) is 7.57. The Bertz CT molecular complexity index is 554. The van der Waals surface area contributed by atoms with Crippen LogP contribution < -0.4 is 15.5 Å². The summed E-state index contributed by atoms with van der Waals surface area (Å²) < 4.78 is 14.3. The van der Waals surface area contributed by atoms with Crippen molar-refractivity contribution in [3.63, 3.8) is 0 Å². The molecule has 1 aromatic carbocycles. The predicted molar refractivity (Wildman–Crippen MR) is 80.7 cm³/mol. The molecular weight excluding hydrogens is 269 g/mol. The Morgan fingerprint density at radius 2 is 2.19 bits per heavy atom. The summed E-state index contributed by atoms with van der Waals surface area (Å²) in [6, 6.07) is 5.64. The first kappa shape index (κ1) is 14.3. The highest BCUT2D eigenvalue weighted by atomic mass is 19.1. The molecule has 0 aromatic heterocycles. The maximum absolute atomic E-state index is 14.3. The molecule has 1 amide bonds. The number of hydrogen-bond acceptors (Lipinski definition) is 3. The maximum atomic E-state index is 14.3. The number of carbonyl (C=O) groups is 1. The molecule has 3 rings (SSSR count). The lowest BCUT2D eigenvalue weighted by molar-refractivity contribution is -0.126. The van der Waals surface area contributed by atoms with Crippen LogP contribution in [-0.4, -0.2) is 30.6 Å². The molecule has 0 spiro atoms. The molecule has 1 heterocycles. The molecule has 4 nitrogen and oxygen atoms in total. The van der Waals surface area contributed by atoms with Gasteiger partial charge in [-0.2, -0.15) is 0 Å². The van der Waals surface area contributed by atoms with Crippen molar-refractivity contribution in [2.45, 2.75) is 44.8 Å². The van der Waals surface area contributed by atoms with E-state index in [9.17, 15) is 9.18 Å². The minimum atomic E-state index is -0.666. The zero-order valence-corrected chi connectivity index (χ0v) is 12.6. The van der Waals surface area contributed by atoms with Crippen LogP contribution in [0.5, 0.6) is 0 Å². The zero-order chi connectivity index (χ0) is 15.0. The number of nitrogens with zero attached hydrogens (tertiary/aromatic N) is 1. The van der Waals surface area contributed by atoms with Gasteiger partial charge in [0.25, 0.3) is 0 Å². The number of benzene rings is 1. The van der Waals surface area contributed by atoms with Crippen LogP contribution in [0.3, 0.4) is 0 Å². The van der Waals surface area contributed by atoms with Gasteiger partial charge < -0.3 is 15.5 Å². The highest BCUT2D eigenvalue weighted by Gasteiger charge is 2.38. The lowest BCUT2D eigenvalue weighted by Crippen LogP contribution is -2.62. The van der Waals surface area contributed by atoms with Gasteiger partial charge >= 0.3 is 0 Å². The van der Waals surface area contributed by atoms with Crippen LogP contribution in [0.1, 0.15) is 32.3 Å². The van der Waals surface area contributed by atoms with Crippen LogP contribution in [0.4, 0.5) is 10.1 Å². The summed E-state index contributed by atoms with van der Waals surface area (Å²) in [5, 5.41) is 6.24. The standard InChI is InChI=1S/C16H22FN3O/c1-16(2)15(21)18-8-9-20(16)14-5-3-4-13(17)12(14)10-19-11-6-7-11/h3-5,11,19H,6-10H2,1-2H3,(H,18,21). The summed E-state index contributed by atoms with van der Waals surface area (Å²) in [4.78, 5) is 14.1. The second-order valence-corrected chi connectivity index (χ2v) is 6.36. The minimum Gasteiger partial charge on any atom is -0.355 e. The van der Waals surface area contributed by atoms with E-state index in [2.05, 4.69) is 10.6 Å². The van der Waals surface area contributed by atoms with Gasteiger partial charge in [-0.3, -0.25) is 4.79 Å². The van der Waals surface area contributed by atoms with E-state index in [0.29, 0.717) is 31.2 Å². The Morgan fingerprint density at radius 1 is 1.43 bits per heavy atom. The van der Waals surface area contributed by atoms with Gasteiger partial charge in [-0.25, -0.2) is 4.39 Å². The van der Waals surface area contributed by atoms with Gasteiger partial charge in [0, 0.05) is 36.9 Å². The van der Waals surface area contributed by atoms with Crippen molar-refractivity contribution < 1.29 is 9.18 Å². The lowest BCUT2D eigenvalue weighted by atomic mass is 9.96. The third-order valence-electron chi connectivity index (χ3n) is 4.38. The van der Waals surface area contributed by atoms with Crippen molar-refractivity contribution in [2.24, 2.45) is 0 Å². The molecule has 1 aromatic rings. The highest BCUT2D eigenvalue weighted by Crippen LogP contribution is 2.31. The number of nitrogens with one attached hydrogen (secondary N) is 2. The number of carbonyl (C=O) groups excluding carboxylic acids is 1. The highest BCUT2D eigenvalue weighted by molar-refractivity contribution is 5.90. The van der Waals surface area contributed by atoms with Crippen molar-refractivity contribution in [3.05, 3.63) is 29.6 Å². The molecule has 114 valence electrons. The van der Waals surface area contributed by atoms with E-state index in [1.54, 1.807) is 6.07 Å². The van der Waals surface area contributed by atoms with Gasteiger partial charge in [-0.15, -0.1) is 0 Å². The van der Waals surface area contributed by atoms with Crippen LogP contribution >= 0.6 is 0 Å². The van der Waals surface area contributed by atoms with E-state index in [-0.39, 0.29) is 11.7 Å². The van der Waals surface area contributed by atoms with E-state index in [4.69, 9.17) is 0 Å². The Labute approximate surface area is 124 Å². The molecule has 2 N–H and O–H groups in total. The second-order valence-electron chi connectivity index (χ2n) is 6.36. The largest absolute Gasteiger partial charge is 0.355 e. The summed E-state index contributed by atoms with van der Waals surface area (Å²) in [5.74, 6) is -0.221. The summed E-state index contributed by atoms with van der Waals surface area (Å²) in [7, 11) is 0. The molecule has 2 fully saturated rings. The average molecular weight is 291 g/mol. The van der Waals surface area contributed by atoms with Crippen LogP contribution in [0.2, 0.25) is 0 Å². The summed E-state index contributed by atoms with van der Waals surface area (Å²) >= 11 is 0. The number of hydrogen-bond donors (Lipinski definition) is 2. The van der Waals surface area contributed by atoms with Crippen molar-refractivity contribution in [1.82, 2.24) is 10.6 Å².